The van der Waals surface area contributed by atoms with Gasteiger partial charge in [-0.05, 0) is 35.4 Å². The molecule has 4 heteroatoms. The Labute approximate surface area is 123 Å². The van der Waals surface area contributed by atoms with Crippen molar-refractivity contribution in [2.45, 2.75) is 19.6 Å². The van der Waals surface area contributed by atoms with E-state index < -0.39 is 0 Å². The average molecular weight is 290 g/mol. The molecule has 20 heavy (non-hydrogen) atoms. The number of rotatable bonds is 4. The van der Waals surface area contributed by atoms with Crippen molar-refractivity contribution in [3.8, 4) is 11.5 Å². The molecule has 1 aliphatic heterocycles. The highest BCUT2D eigenvalue weighted by Gasteiger charge is 2.17. The zero-order valence-electron chi connectivity index (χ0n) is 11.1. The zero-order valence-corrected chi connectivity index (χ0v) is 11.8. The number of hydrogen-bond acceptors (Lipinski definition) is 3. The van der Waals surface area contributed by atoms with Gasteiger partial charge in [0.2, 0.25) is 0 Å². The summed E-state index contributed by atoms with van der Waals surface area (Å²) in [6.45, 7) is 1.66. The summed E-state index contributed by atoms with van der Waals surface area (Å²) in [6.07, 6.45) is 0.908. The Hall–Kier alpha value is -1.71. The first-order valence-corrected chi connectivity index (χ1v) is 7.00. The third-order valence-electron chi connectivity index (χ3n) is 3.35. The molecule has 3 nitrogen and oxygen atoms in total. The van der Waals surface area contributed by atoms with Crippen LogP contribution in [0.1, 0.15) is 16.7 Å². The van der Waals surface area contributed by atoms with Gasteiger partial charge in [-0.15, -0.1) is 0 Å². The zero-order chi connectivity index (χ0) is 13.9. The van der Waals surface area contributed by atoms with E-state index in [2.05, 4.69) is 0 Å². The topological polar surface area (TPSA) is 44.5 Å². The number of benzene rings is 2. The molecule has 0 bridgehead atoms. The minimum atomic E-state index is 0.441. The van der Waals surface area contributed by atoms with Gasteiger partial charge in [-0.25, -0.2) is 0 Å². The van der Waals surface area contributed by atoms with Crippen LogP contribution >= 0.6 is 11.6 Å². The number of nitrogens with two attached hydrogens (primary N) is 1. The molecule has 0 aromatic heterocycles. The molecule has 0 amide bonds. The quantitative estimate of drug-likeness (QED) is 0.939. The first-order chi connectivity index (χ1) is 9.76. The summed E-state index contributed by atoms with van der Waals surface area (Å²) >= 11 is 6.13. The average Bonchev–Trinajstić information content (AvgIpc) is 2.93. The van der Waals surface area contributed by atoms with Crippen LogP contribution in [0.3, 0.4) is 0 Å². The second-order valence-electron chi connectivity index (χ2n) is 4.79. The minimum Gasteiger partial charge on any atom is -0.493 e. The Morgan fingerprint density at radius 3 is 3.00 bits per heavy atom. The molecule has 1 aliphatic rings. The van der Waals surface area contributed by atoms with Crippen molar-refractivity contribution >= 4 is 11.6 Å². The maximum Gasteiger partial charge on any atom is 0.129 e. The summed E-state index contributed by atoms with van der Waals surface area (Å²) in [4.78, 5) is 0. The van der Waals surface area contributed by atoms with Crippen LogP contribution in [-0.4, -0.2) is 6.61 Å². The fourth-order valence-corrected chi connectivity index (χ4v) is 2.64. The fraction of sp³-hybridized carbons (Fsp3) is 0.250. The molecule has 2 N–H and O–H groups in total. The Balaban J connectivity index is 1.78. The van der Waals surface area contributed by atoms with E-state index in [0.29, 0.717) is 19.8 Å². The molecule has 0 radical (unpaired) electrons. The third kappa shape index (κ3) is 2.74. The molecule has 2 aromatic rings. The van der Waals surface area contributed by atoms with Crippen molar-refractivity contribution in [1.29, 1.82) is 0 Å². The van der Waals surface area contributed by atoms with E-state index in [1.54, 1.807) is 0 Å². The van der Waals surface area contributed by atoms with E-state index in [1.165, 1.54) is 0 Å². The first kappa shape index (κ1) is 13.3. The van der Waals surface area contributed by atoms with Gasteiger partial charge in [0.25, 0.3) is 0 Å². The lowest BCUT2D eigenvalue weighted by Gasteiger charge is -2.11. The summed E-state index contributed by atoms with van der Waals surface area (Å²) in [5, 5.41) is 0.726. The van der Waals surface area contributed by atoms with E-state index in [0.717, 1.165) is 39.6 Å². The lowest BCUT2D eigenvalue weighted by atomic mass is 10.1. The van der Waals surface area contributed by atoms with Crippen molar-refractivity contribution in [2.24, 2.45) is 5.73 Å². The fourth-order valence-electron chi connectivity index (χ4n) is 2.38. The lowest BCUT2D eigenvalue weighted by Crippen LogP contribution is -2.00. The van der Waals surface area contributed by atoms with Gasteiger partial charge in [0.05, 0.1) is 6.61 Å². The Morgan fingerprint density at radius 1 is 1.25 bits per heavy atom. The van der Waals surface area contributed by atoms with Crippen LogP contribution in [-0.2, 0) is 19.6 Å². The van der Waals surface area contributed by atoms with Gasteiger partial charge in [0, 0.05) is 23.6 Å². The Morgan fingerprint density at radius 2 is 2.15 bits per heavy atom. The van der Waals surface area contributed by atoms with Gasteiger partial charge in [-0.1, -0.05) is 23.7 Å². The second-order valence-corrected chi connectivity index (χ2v) is 5.23. The van der Waals surface area contributed by atoms with Crippen LogP contribution in [0.5, 0.6) is 11.5 Å². The SMILES string of the molecule is NCc1cccc(OCc2cc(Cl)cc3c2OCC3)c1. The molecule has 0 saturated heterocycles. The molecule has 104 valence electrons. The van der Waals surface area contributed by atoms with Crippen molar-refractivity contribution in [2.75, 3.05) is 6.61 Å². The maximum atomic E-state index is 6.13. The van der Waals surface area contributed by atoms with Crippen molar-refractivity contribution in [1.82, 2.24) is 0 Å². The highest BCUT2D eigenvalue weighted by atomic mass is 35.5. The van der Waals surface area contributed by atoms with Crippen LogP contribution in [0, 0.1) is 0 Å². The predicted octanol–water partition coefficient (Wildman–Crippen LogP) is 3.31. The number of fused-ring (bicyclic) bond motifs is 1. The van der Waals surface area contributed by atoms with Crippen molar-refractivity contribution < 1.29 is 9.47 Å². The molecule has 3 rings (SSSR count). The second kappa shape index (κ2) is 5.73. The van der Waals surface area contributed by atoms with Gasteiger partial charge in [-0.2, -0.15) is 0 Å². The molecule has 0 aliphatic carbocycles. The van der Waals surface area contributed by atoms with Gasteiger partial charge in [0.15, 0.2) is 0 Å². The Bertz CT molecular complexity index is 628. The summed E-state index contributed by atoms with van der Waals surface area (Å²) in [7, 11) is 0. The molecular formula is C16H16ClNO2. The first-order valence-electron chi connectivity index (χ1n) is 6.62. The van der Waals surface area contributed by atoms with E-state index in [4.69, 9.17) is 26.8 Å². The molecular weight excluding hydrogens is 274 g/mol. The summed E-state index contributed by atoms with van der Waals surface area (Å²) in [5.41, 5.74) is 8.83. The largest absolute Gasteiger partial charge is 0.493 e. The van der Waals surface area contributed by atoms with Crippen LogP contribution in [0.2, 0.25) is 5.02 Å². The molecule has 0 spiro atoms. The Kier molecular flexibility index (Phi) is 3.81. The van der Waals surface area contributed by atoms with Gasteiger partial charge in [0.1, 0.15) is 18.1 Å². The maximum absolute atomic E-state index is 6.13. The minimum absolute atomic E-state index is 0.441. The predicted molar refractivity (Wildman–Crippen MR) is 79.3 cm³/mol. The highest BCUT2D eigenvalue weighted by molar-refractivity contribution is 6.30. The van der Waals surface area contributed by atoms with E-state index in [-0.39, 0.29) is 0 Å². The van der Waals surface area contributed by atoms with Crippen molar-refractivity contribution in [3.63, 3.8) is 0 Å². The van der Waals surface area contributed by atoms with E-state index in [9.17, 15) is 0 Å². The molecule has 0 fully saturated rings. The van der Waals surface area contributed by atoms with E-state index >= 15 is 0 Å². The van der Waals surface area contributed by atoms with Gasteiger partial charge in [-0.3, -0.25) is 0 Å². The monoisotopic (exact) mass is 289 g/mol. The molecule has 1 heterocycles. The molecule has 0 saturated carbocycles. The van der Waals surface area contributed by atoms with Gasteiger partial charge < -0.3 is 15.2 Å². The summed E-state index contributed by atoms with van der Waals surface area (Å²) < 4.78 is 11.5. The van der Waals surface area contributed by atoms with Crippen molar-refractivity contribution in [3.05, 3.63) is 58.1 Å². The van der Waals surface area contributed by atoms with Gasteiger partial charge >= 0.3 is 0 Å². The lowest BCUT2D eigenvalue weighted by molar-refractivity contribution is 0.291. The van der Waals surface area contributed by atoms with E-state index in [1.807, 2.05) is 36.4 Å². The summed E-state index contributed by atoms with van der Waals surface area (Å²) in [5.74, 6) is 1.73. The van der Waals surface area contributed by atoms with Crippen LogP contribution in [0.25, 0.3) is 0 Å². The van der Waals surface area contributed by atoms with Crippen LogP contribution < -0.4 is 15.2 Å². The summed E-state index contributed by atoms with van der Waals surface area (Å²) in [6, 6.07) is 11.7. The molecule has 2 aromatic carbocycles. The standard InChI is InChI=1S/C16H16ClNO2/c17-14-7-12-4-5-19-16(12)13(8-14)10-20-15-3-1-2-11(6-15)9-18/h1-3,6-8H,4-5,9-10,18H2. The third-order valence-corrected chi connectivity index (χ3v) is 3.57. The molecule has 0 atom stereocenters. The van der Waals surface area contributed by atoms with Crippen LogP contribution in [0.15, 0.2) is 36.4 Å². The highest BCUT2D eigenvalue weighted by Crippen LogP contribution is 2.33. The number of ether oxygens (including phenoxy) is 2. The van der Waals surface area contributed by atoms with Crippen LogP contribution in [0.4, 0.5) is 0 Å². The number of hydrogen-bond donors (Lipinski definition) is 1. The molecule has 0 unspecified atom stereocenters. The number of halogens is 1. The normalized spacial score (nSPS) is 12.9. The smallest absolute Gasteiger partial charge is 0.129 e.